The molecule has 0 heterocycles. The second-order valence-electron chi connectivity index (χ2n) is 6.99. The van der Waals surface area contributed by atoms with Gasteiger partial charge in [0.15, 0.2) is 5.75 Å². The molecule has 0 bridgehead atoms. The number of hydrogen-bond donors (Lipinski definition) is 3. The summed E-state index contributed by atoms with van der Waals surface area (Å²) in [6.45, 7) is 3.67. The number of phenols is 1. The monoisotopic (exact) mass is 458 g/mol. The van der Waals surface area contributed by atoms with E-state index >= 15 is 0 Å². The number of para-hydroxylation sites is 1. The molecule has 0 aliphatic carbocycles. The largest absolute Gasteiger partial charge is 0.505 e. The topological polar surface area (TPSA) is 87.7 Å². The van der Waals surface area contributed by atoms with E-state index in [-0.39, 0.29) is 44.6 Å². The van der Waals surface area contributed by atoms with Crippen molar-refractivity contribution in [3.05, 3.63) is 81.8 Å². The molecule has 0 fully saturated rings. The van der Waals surface area contributed by atoms with Crippen molar-refractivity contribution < 1.29 is 19.4 Å². The Kier molecular flexibility index (Phi) is 7.05. The highest BCUT2D eigenvalue weighted by atomic mass is 35.5. The van der Waals surface area contributed by atoms with Crippen molar-refractivity contribution in [3.8, 4) is 17.2 Å². The number of hydrogen-bond acceptors (Lipinski definition) is 4. The fraction of sp³-hybridized carbons (Fsp3) is 0.130. The molecule has 0 aromatic heterocycles. The number of halogens is 2. The average Bonchev–Trinajstić information content (AvgIpc) is 2.72. The molecule has 3 rings (SSSR count). The molecule has 0 unspecified atom stereocenters. The van der Waals surface area contributed by atoms with Gasteiger partial charge in [-0.1, -0.05) is 41.4 Å². The maximum Gasteiger partial charge on any atom is 0.255 e. The first kappa shape index (κ1) is 22.5. The second kappa shape index (κ2) is 9.73. The Morgan fingerprint density at radius 2 is 1.55 bits per heavy atom. The third-order valence-corrected chi connectivity index (χ3v) is 4.74. The summed E-state index contributed by atoms with van der Waals surface area (Å²) < 4.78 is 5.81. The predicted octanol–water partition coefficient (Wildman–Crippen LogP) is 5.88. The molecule has 3 N–H and O–H groups in total. The maximum absolute atomic E-state index is 12.8. The molecule has 2 amide bonds. The van der Waals surface area contributed by atoms with E-state index in [1.807, 2.05) is 32.0 Å². The van der Waals surface area contributed by atoms with E-state index in [0.29, 0.717) is 11.5 Å². The number of phenolic OH excluding ortho intramolecular Hbond substituents is 1. The average molecular weight is 459 g/mol. The van der Waals surface area contributed by atoms with E-state index in [4.69, 9.17) is 27.9 Å². The number of ether oxygens (including phenoxy) is 1. The molecular formula is C23H20Cl2N2O4. The van der Waals surface area contributed by atoms with Crippen molar-refractivity contribution in [2.45, 2.75) is 19.9 Å². The van der Waals surface area contributed by atoms with Crippen LogP contribution in [0, 0.1) is 0 Å². The van der Waals surface area contributed by atoms with Gasteiger partial charge in [0.05, 0.1) is 21.3 Å². The third kappa shape index (κ3) is 5.69. The lowest BCUT2D eigenvalue weighted by molar-refractivity contribution is 0.0943. The predicted molar refractivity (Wildman–Crippen MR) is 122 cm³/mol. The summed E-state index contributed by atoms with van der Waals surface area (Å²) in [7, 11) is 0. The Hall–Kier alpha value is -3.22. The summed E-state index contributed by atoms with van der Waals surface area (Å²) in [5.41, 5.74) is 0.642. The van der Waals surface area contributed by atoms with Crippen LogP contribution in [0.25, 0.3) is 0 Å². The number of anilines is 1. The zero-order chi connectivity index (χ0) is 22.5. The molecule has 0 saturated heterocycles. The summed E-state index contributed by atoms with van der Waals surface area (Å²) in [5, 5.41) is 15.1. The molecule has 3 aromatic carbocycles. The zero-order valence-corrected chi connectivity index (χ0v) is 18.3. The molecule has 8 heteroatoms. The van der Waals surface area contributed by atoms with Gasteiger partial charge < -0.3 is 20.5 Å². The van der Waals surface area contributed by atoms with E-state index in [2.05, 4.69) is 10.6 Å². The Morgan fingerprint density at radius 3 is 2.16 bits per heavy atom. The van der Waals surface area contributed by atoms with E-state index in [1.165, 1.54) is 12.1 Å². The molecule has 6 nitrogen and oxygen atoms in total. The van der Waals surface area contributed by atoms with Crippen molar-refractivity contribution in [1.29, 1.82) is 0 Å². The molecule has 3 aromatic rings. The first-order chi connectivity index (χ1) is 14.7. The van der Waals surface area contributed by atoms with Crippen molar-refractivity contribution >= 4 is 40.7 Å². The Bertz CT molecular complexity index is 1090. The zero-order valence-electron chi connectivity index (χ0n) is 16.8. The van der Waals surface area contributed by atoms with E-state index in [1.54, 1.807) is 30.3 Å². The van der Waals surface area contributed by atoms with Crippen molar-refractivity contribution in [2.75, 3.05) is 5.32 Å². The van der Waals surface area contributed by atoms with Crippen LogP contribution in [-0.2, 0) is 0 Å². The van der Waals surface area contributed by atoms with Crippen LogP contribution in [0.3, 0.4) is 0 Å². The fourth-order valence-corrected chi connectivity index (χ4v) is 3.23. The smallest absolute Gasteiger partial charge is 0.255 e. The van der Waals surface area contributed by atoms with Gasteiger partial charge in [-0.3, -0.25) is 9.59 Å². The minimum atomic E-state index is -0.542. The molecule has 0 aliphatic rings. The van der Waals surface area contributed by atoms with Crippen LogP contribution in [0.5, 0.6) is 17.2 Å². The number of carbonyl (C=O) groups excluding carboxylic acids is 2. The first-order valence-electron chi connectivity index (χ1n) is 9.41. The van der Waals surface area contributed by atoms with Gasteiger partial charge in [0.2, 0.25) is 0 Å². The van der Waals surface area contributed by atoms with Gasteiger partial charge in [0.25, 0.3) is 11.8 Å². The molecular weight excluding hydrogens is 439 g/mol. The van der Waals surface area contributed by atoms with Crippen molar-refractivity contribution in [3.63, 3.8) is 0 Å². The van der Waals surface area contributed by atoms with Gasteiger partial charge in [-0.25, -0.2) is 0 Å². The quantitative estimate of drug-likeness (QED) is 0.430. The van der Waals surface area contributed by atoms with Crippen molar-refractivity contribution in [2.24, 2.45) is 0 Å². The Morgan fingerprint density at radius 1 is 0.903 bits per heavy atom. The van der Waals surface area contributed by atoms with Gasteiger partial charge in [-0.15, -0.1) is 0 Å². The number of aromatic hydroxyl groups is 1. The number of amides is 2. The molecule has 0 radical (unpaired) electrons. The summed E-state index contributed by atoms with van der Waals surface area (Å²) in [6.07, 6.45) is 0. The first-order valence-corrected chi connectivity index (χ1v) is 10.2. The van der Waals surface area contributed by atoms with Crippen LogP contribution in [0.1, 0.15) is 34.6 Å². The lowest BCUT2D eigenvalue weighted by atomic mass is 10.1. The lowest BCUT2D eigenvalue weighted by Crippen LogP contribution is -2.31. The van der Waals surface area contributed by atoms with Gasteiger partial charge >= 0.3 is 0 Å². The van der Waals surface area contributed by atoms with E-state index < -0.39 is 5.91 Å². The molecule has 31 heavy (non-hydrogen) atoms. The highest BCUT2D eigenvalue weighted by Gasteiger charge is 2.18. The van der Waals surface area contributed by atoms with Gasteiger partial charge in [-0.05, 0) is 56.3 Å². The number of nitrogens with one attached hydrogen (secondary N) is 2. The van der Waals surface area contributed by atoms with E-state index in [9.17, 15) is 14.7 Å². The van der Waals surface area contributed by atoms with Crippen LogP contribution in [0.4, 0.5) is 5.69 Å². The van der Waals surface area contributed by atoms with Crippen LogP contribution >= 0.6 is 23.2 Å². The van der Waals surface area contributed by atoms with Crippen LogP contribution in [-0.4, -0.2) is 23.0 Å². The number of carbonyl (C=O) groups is 2. The summed E-state index contributed by atoms with van der Waals surface area (Å²) >= 11 is 11.8. The number of rotatable bonds is 6. The number of benzene rings is 3. The normalized spacial score (nSPS) is 10.6. The van der Waals surface area contributed by atoms with Crippen LogP contribution < -0.4 is 15.4 Å². The standard InChI is InChI=1S/C23H20Cl2N2O4/c1-13(2)26-23(30)17-12-16(31-15-6-4-3-5-7-15)8-9-20(17)27-22(29)14-10-18(24)21(28)19(25)11-14/h3-13,28H,1-2H3,(H,26,30)(H,27,29). The molecule has 160 valence electrons. The van der Waals surface area contributed by atoms with Crippen LogP contribution in [0.2, 0.25) is 10.0 Å². The summed E-state index contributed by atoms with van der Waals surface area (Å²) in [5.74, 6) is -0.166. The molecule has 0 spiro atoms. The maximum atomic E-state index is 12.8. The van der Waals surface area contributed by atoms with Crippen LogP contribution in [0.15, 0.2) is 60.7 Å². The van der Waals surface area contributed by atoms with Gasteiger partial charge in [0.1, 0.15) is 11.5 Å². The Labute approximate surface area is 189 Å². The summed E-state index contributed by atoms with van der Waals surface area (Å²) in [6, 6.07) is 16.4. The highest BCUT2D eigenvalue weighted by molar-refractivity contribution is 6.37. The highest BCUT2D eigenvalue weighted by Crippen LogP contribution is 2.33. The SMILES string of the molecule is CC(C)NC(=O)c1cc(Oc2ccccc2)ccc1NC(=O)c1cc(Cl)c(O)c(Cl)c1. The fourth-order valence-electron chi connectivity index (χ4n) is 2.74. The molecule has 0 atom stereocenters. The second-order valence-corrected chi connectivity index (χ2v) is 7.81. The summed E-state index contributed by atoms with van der Waals surface area (Å²) in [4.78, 5) is 25.5. The minimum Gasteiger partial charge on any atom is -0.505 e. The van der Waals surface area contributed by atoms with Gasteiger partial charge in [0, 0.05) is 11.6 Å². The van der Waals surface area contributed by atoms with E-state index in [0.717, 1.165) is 0 Å². The molecule has 0 saturated carbocycles. The third-order valence-electron chi connectivity index (χ3n) is 4.16. The van der Waals surface area contributed by atoms with Gasteiger partial charge in [-0.2, -0.15) is 0 Å². The lowest BCUT2D eigenvalue weighted by Gasteiger charge is -2.15. The minimum absolute atomic E-state index is 0.0537. The Balaban J connectivity index is 1.92. The molecule has 0 aliphatic heterocycles. The van der Waals surface area contributed by atoms with Crippen molar-refractivity contribution in [1.82, 2.24) is 5.32 Å².